The topological polar surface area (TPSA) is 77.6 Å². The number of nitrogens with one attached hydrogen (secondary N) is 1. The van der Waals surface area contributed by atoms with Gasteiger partial charge < -0.3 is 5.32 Å². The fourth-order valence-electron chi connectivity index (χ4n) is 2.71. The predicted octanol–water partition coefficient (Wildman–Crippen LogP) is 2.69. The summed E-state index contributed by atoms with van der Waals surface area (Å²) < 4.78 is 3.54. The van der Waals surface area contributed by atoms with Gasteiger partial charge in [-0.1, -0.05) is 0 Å². The average Bonchev–Trinajstić information content (AvgIpc) is 3.10. The molecule has 1 atom stereocenters. The Morgan fingerprint density at radius 1 is 1.33 bits per heavy atom. The smallest absolute Gasteiger partial charge is 0.255 e. The van der Waals surface area contributed by atoms with Crippen molar-refractivity contribution in [2.24, 2.45) is 5.92 Å². The van der Waals surface area contributed by atoms with Gasteiger partial charge in [0.05, 0.1) is 17.9 Å². The largest absolute Gasteiger partial charge is 0.319 e. The molecule has 7 nitrogen and oxygen atoms in total. The zero-order valence-electron chi connectivity index (χ0n) is 13.3. The third kappa shape index (κ3) is 2.92. The summed E-state index contributed by atoms with van der Waals surface area (Å²) >= 11 is 0. The first kappa shape index (κ1) is 14.6. The van der Waals surface area contributed by atoms with Gasteiger partial charge in [-0.05, 0) is 43.9 Å². The number of nitrogens with zero attached hydrogens (tertiary/aromatic N) is 5. The van der Waals surface area contributed by atoms with Crippen LogP contribution in [0.2, 0.25) is 0 Å². The van der Waals surface area contributed by atoms with E-state index in [2.05, 4.69) is 27.4 Å². The first-order valence-corrected chi connectivity index (χ1v) is 8.02. The van der Waals surface area contributed by atoms with Gasteiger partial charge in [0.15, 0.2) is 5.82 Å². The number of carbonyl (C=O) groups excluding carboxylic acids is 1. The number of hydrogen-bond donors (Lipinski definition) is 1. The van der Waals surface area contributed by atoms with Crippen molar-refractivity contribution in [2.75, 3.05) is 5.32 Å². The molecule has 1 aliphatic rings. The van der Waals surface area contributed by atoms with Crippen LogP contribution in [0.25, 0.3) is 5.82 Å². The van der Waals surface area contributed by atoms with Crippen LogP contribution < -0.4 is 5.32 Å². The Hall–Kier alpha value is -2.96. The fourth-order valence-corrected chi connectivity index (χ4v) is 2.71. The quantitative estimate of drug-likeness (QED) is 0.783. The van der Waals surface area contributed by atoms with Crippen LogP contribution in [0.3, 0.4) is 0 Å². The van der Waals surface area contributed by atoms with Gasteiger partial charge >= 0.3 is 0 Å². The number of pyridine rings is 1. The minimum atomic E-state index is -0.190. The Balaban J connectivity index is 1.49. The van der Waals surface area contributed by atoms with E-state index in [1.165, 1.54) is 12.8 Å². The molecule has 0 saturated heterocycles. The molecule has 1 amide bonds. The Morgan fingerprint density at radius 2 is 2.21 bits per heavy atom. The average molecular weight is 322 g/mol. The maximum absolute atomic E-state index is 12.5. The summed E-state index contributed by atoms with van der Waals surface area (Å²) in [4.78, 5) is 16.7. The molecule has 3 aromatic rings. The normalized spacial score (nSPS) is 15.2. The van der Waals surface area contributed by atoms with Crippen molar-refractivity contribution < 1.29 is 4.79 Å². The SMILES string of the molecule is CC(C1CC1)n1cc(NC(=O)c2ccnc(-n3cccn3)c2)cn1. The molecule has 1 fully saturated rings. The number of hydrogen-bond acceptors (Lipinski definition) is 4. The molecule has 0 spiro atoms. The Labute approximate surface area is 139 Å². The second-order valence-corrected chi connectivity index (χ2v) is 6.09. The molecule has 0 radical (unpaired) electrons. The maximum atomic E-state index is 12.5. The number of carbonyl (C=O) groups is 1. The van der Waals surface area contributed by atoms with E-state index < -0.39 is 0 Å². The van der Waals surface area contributed by atoms with Crippen LogP contribution in [-0.4, -0.2) is 30.5 Å². The van der Waals surface area contributed by atoms with Gasteiger partial charge in [0.1, 0.15) is 0 Å². The molecular weight excluding hydrogens is 304 g/mol. The Kier molecular flexibility index (Phi) is 3.60. The molecule has 122 valence electrons. The minimum absolute atomic E-state index is 0.190. The number of aromatic nitrogens is 5. The summed E-state index contributed by atoms with van der Waals surface area (Å²) in [5, 5.41) is 11.4. The predicted molar refractivity (Wildman–Crippen MR) is 89.0 cm³/mol. The van der Waals surface area contributed by atoms with E-state index in [9.17, 15) is 4.79 Å². The molecule has 24 heavy (non-hydrogen) atoms. The summed E-state index contributed by atoms with van der Waals surface area (Å²) in [6.07, 6.45) is 11.1. The van der Waals surface area contributed by atoms with E-state index in [0.29, 0.717) is 29.0 Å². The highest BCUT2D eigenvalue weighted by atomic mass is 16.1. The third-order valence-corrected chi connectivity index (χ3v) is 4.33. The van der Waals surface area contributed by atoms with E-state index in [1.807, 2.05) is 16.9 Å². The van der Waals surface area contributed by atoms with E-state index in [0.717, 1.165) is 0 Å². The standard InChI is InChI=1S/C17H18N6O/c1-12(13-3-4-13)23-11-15(10-20-23)21-17(24)14-5-7-18-16(9-14)22-8-2-6-19-22/h2,5-13H,3-4H2,1H3,(H,21,24). The van der Waals surface area contributed by atoms with E-state index >= 15 is 0 Å². The maximum Gasteiger partial charge on any atom is 0.255 e. The van der Waals surface area contributed by atoms with Crippen molar-refractivity contribution in [3.63, 3.8) is 0 Å². The van der Waals surface area contributed by atoms with Crippen LogP contribution in [0, 0.1) is 5.92 Å². The number of anilines is 1. The number of rotatable bonds is 5. The molecule has 7 heteroatoms. The van der Waals surface area contributed by atoms with Crippen molar-refractivity contribution in [1.82, 2.24) is 24.5 Å². The molecule has 4 rings (SSSR count). The highest BCUT2D eigenvalue weighted by Gasteiger charge is 2.29. The molecule has 1 N–H and O–H groups in total. The summed E-state index contributed by atoms with van der Waals surface area (Å²) in [5.74, 6) is 1.13. The van der Waals surface area contributed by atoms with Gasteiger partial charge in [0.25, 0.3) is 5.91 Å². The lowest BCUT2D eigenvalue weighted by atomic mass is 10.2. The van der Waals surface area contributed by atoms with Gasteiger partial charge in [-0.25, -0.2) is 9.67 Å². The second-order valence-electron chi connectivity index (χ2n) is 6.09. The molecule has 3 heterocycles. The van der Waals surface area contributed by atoms with Crippen LogP contribution in [0.15, 0.2) is 49.2 Å². The van der Waals surface area contributed by atoms with Crippen LogP contribution in [0.4, 0.5) is 5.69 Å². The van der Waals surface area contributed by atoms with E-state index in [-0.39, 0.29) is 5.91 Å². The van der Waals surface area contributed by atoms with Crippen LogP contribution in [0.1, 0.15) is 36.2 Å². The van der Waals surface area contributed by atoms with Crippen molar-refractivity contribution in [1.29, 1.82) is 0 Å². The zero-order valence-corrected chi connectivity index (χ0v) is 13.3. The fraction of sp³-hybridized carbons (Fsp3) is 0.294. The van der Waals surface area contributed by atoms with Crippen molar-refractivity contribution in [3.05, 3.63) is 54.7 Å². The van der Waals surface area contributed by atoms with E-state index in [1.54, 1.807) is 41.6 Å². The molecule has 3 aromatic heterocycles. The zero-order chi connectivity index (χ0) is 16.5. The molecule has 1 unspecified atom stereocenters. The Bertz CT molecular complexity index is 850. The van der Waals surface area contributed by atoms with Gasteiger partial charge in [0, 0.05) is 30.4 Å². The molecule has 0 bridgehead atoms. The lowest BCUT2D eigenvalue weighted by molar-refractivity contribution is 0.102. The summed E-state index contributed by atoms with van der Waals surface area (Å²) in [7, 11) is 0. The van der Waals surface area contributed by atoms with Gasteiger partial charge in [-0.15, -0.1) is 0 Å². The third-order valence-electron chi connectivity index (χ3n) is 4.33. The van der Waals surface area contributed by atoms with Gasteiger partial charge in [0.2, 0.25) is 0 Å². The molecule has 1 aliphatic carbocycles. The van der Waals surface area contributed by atoms with Crippen LogP contribution in [-0.2, 0) is 0 Å². The number of amides is 1. The van der Waals surface area contributed by atoms with Crippen molar-refractivity contribution in [2.45, 2.75) is 25.8 Å². The first-order valence-electron chi connectivity index (χ1n) is 8.02. The van der Waals surface area contributed by atoms with Crippen LogP contribution >= 0.6 is 0 Å². The summed E-state index contributed by atoms with van der Waals surface area (Å²) in [5.41, 5.74) is 1.23. The Morgan fingerprint density at radius 3 is 2.96 bits per heavy atom. The first-order chi connectivity index (χ1) is 11.7. The second kappa shape index (κ2) is 5.92. The van der Waals surface area contributed by atoms with Gasteiger partial charge in [-0.3, -0.25) is 9.48 Å². The van der Waals surface area contributed by atoms with Gasteiger partial charge in [-0.2, -0.15) is 10.2 Å². The summed E-state index contributed by atoms with van der Waals surface area (Å²) in [6.45, 7) is 2.16. The highest BCUT2D eigenvalue weighted by Crippen LogP contribution is 2.39. The van der Waals surface area contributed by atoms with Crippen molar-refractivity contribution in [3.8, 4) is 5.82 Å². The lowest BCUT2D eigenvalue weighted by Crippen LogP contribution is -2.13. The summed E-state index contributed by atoms with van der Waals surface area (Å²) in [6, 6.07) is 5.58. The highest BCUT2D eigenvalue weighted by molar-refractivity contribution is 6.04. The van der Waals surface area contributed by atoms with Crippen molar-refractivity contribution >= 4 is 11.6 Å². The lowest BCUT2D eigenvalue weighted by Gasteiger charge is -2.09. The molecule has 0 aromatic carbocycles. The molecule has 1 saturated carbocycles. The monoisotopic (exact) mass is 322 g/mol. The molecular formula is C17H18N6O. The molecule has 0 aliphatic heterocycles. The van der Waals surface area contributed by atoms with E-state index in [4.69, 9.17) is 0 Å². The van der Waals surface area contributed by atoms with Crippen LogP contribution in [0.5, 0.6) is 0 Å². The minimum Gasteiger partial charge on any atom is -0.319 e.